The van der Waals surface area contributed by atoms with Crippen LogP contribution in [0.15, 0.2) is 40.9 Å². The smallest absolute Gasteiger partial charge is 0.195 e. The summed E-state index contributed by atoms with van der Waals surface area (Å²) in [4.78, 5) is 4.35. The van der Waals surface area contributed by atoms with Crippen molar-refractivity contribution < 1.29 is 4.42 Å². The van der Waals surface area contributed by atoms with Crippen molar-refractivity contribution in [3.8, 4) is 0 Å². The molecule has 0 atom stereocenters. The molecule has 1 aromatic heterocycles. The van der Waals surface area contributed by atoms with Gasteiger partial charge in [0.05, 0.1) is 6.20 Å². The van der Waals surface area contributed by atoms with Crippen LogP contribution in [-0.2, 0) is 19.3 Å². The van der Waals surface area contributed by atoms with Crippen molar-refractivity contribution in [2.75, 3.05) is 13.1 Å². The second kappa shape index (κ2) is 8.63. The average molecular weight is 286 g/mol. The van der Waals surface area contributed by atoms with E-state index in [1.807, 2.05) is 6.20 Å². The molecule has 0 radical (unpaired) electrons. The van der Waals surface area contributed by atoms with E-state index in [0.717, 1.165) is 50.4 Å². The van der Waals surface area contributed by atoms with E-state index in [1.54, 1.807) is 0 Å². The highest BCUT2D eigenvalue weighted by Gasteiger charge is 2.04. The zero-order chi connectivity index (χ0) is 14.9. The van der Waals surface area contributed by atoms with E-state index in [1.165, 1.54) is 5.56 Å². The lowest BCUT2D eigenvalue weighted by Gasteiger charge is -2.05. The lowest BCUT2D eigenvalue weighted by molar-refractivity contribution is 0.440. The summed E-state index contributed by atoms with van der Waals surface area (Å²) in [7, 11) is 0. The Labute approximate surface area is 127 Å². The quantitative estimate of drug-likeness (QED) is 0.715. The maximum Gasteiger partial charge on any atom is 0.195 e. The van der Waals surface area contributed by atoms with E-state index in [9.17, 15) is 0 Å². The SMILES string of the molecule is CC(C)CNCCc1ncc(CCCc2ccccc2)o1. The third kappa shape index (κ3) is 6.13. The molecule has 0 fully saturated rings. The average Bonchev–Trinajstić information content (AvgIpc) is 2.92. The summed E-state index contributed by atoms with van der Waals surface area (Å²) < 4.78 is 5.78. The largest absolute Gasteiger partial charge is 0.446 e. The van der Waals surface area contributed by atoms with Crippen LogP contribution in [-0.4, -0.2) is 18.1 Å². The van der Waals surface area contributed by atoms with Gasteiger partial charge in [0.25, 0.3) is 0 Å². The molecular formula is C18H26N2O. The van der Waals surface area contributed by atoms with Crippen LogP contribution in [0.2, 0.25) is 0 Å². The first-order valence-electron chi connectivity index (χ1n) is 7.92. The van der Waals surface area contributed by atoms with Crippen LogP contribution in [0.1, 0.15) is 37.5 Å². The van der Waals surface area contributed by atoms with Crippen LogP contribution >= 0.6 is 0 Å². The second-order valence-electron chi connectivity index (χ2n) is 5.91. The normalized spacial score (nSPS) is 11.2. The third-order valence-corrected chi connectivity index (χ3v) is 3.40. The molecule has 0 bridgehead atoms. The lowest BCUT2D eigenvalue weighted by atomic mass is 10.1. The Bertz CT molecular complexity index is 505. The first-order valence-corrected chi connectivity index (χ1v) is 7.92. The Hall–Kier alpha value is -1.61. The molecule has 2 rings (SSSR count). The Morgan fingerprint density at radius 2 is 1.90 bits per heavy atom. The van der Waals surface area contributed by atoms with Gasteiger partial charge in [-0.15, -0.1) is 0 Å². The monoisotopic (exact) mass is 286 g/mol. The fourth-order valence-corrected chi connectivity index (χ4v) is 2.28. The molecule has 3 nitrogen and oxygen atoms in total. The summed E-state index contributed by atoms with van der Waals surface area (Å²) in [5.74, 6) is 2.54. The highest BCUT2D eigenvalue weighted by atomic mass is 16.4. The van der Waals surface area contributed by atoms with Crippen LogP contribution in [0.4, 0.5) is 0 Å². The van der Waals surface area contributed by atoms with Gasteiger partial charge in [0.1, 0.15) is 5.76 Å². The van der Waals surface area contributed by atoms with E-state index in [2.05, 4.69) is 54.5 Å². The van der Waals surface area contributed by atoms with Gasteiger partial charge in [0.15, 0.2) is 5.89 Å². The molecule has 0 saturated heterocycles. The highest BCUT2D eigenvalue weighted by Crippen LogP contribution is 2.10. The first kappa shape index (κ1) is 15.8. The topological polar surface area (TPSA) is 38.1 Å². The summed E-state index contributed by atoms with van der Waals surface area (Å²) in [5, 5.41) is 3.41. The summed E-state index contributed by atoms with van der Waals surface area (Å²) in [6.45, 7) is 6.40. The maximum absolute atomic E-state index is 5.78. The molecule has 0 saturated carbocycles. The number of hydrogen-bond acceptors (Lipinski definition) is 3. The number of nitrogens with zero attached hydrogens (tertiary/aromatic N) is 1. The van der Waals surface area contributed by atoms with Crippen LogP contribution in [0, 0.1) is 5.92 Å². The molecule has 1 heterocycles. The molecule has 0 amide bonds. The Balaban J connectivity index is 1.66. The van der Waals surface area contributed by atoms with Crippen LogP contribution in [0.5, 0.6) is 0 Å². The van der Waals surface area contributed by atoms with E-state index in [-0.39, 0.29) is 0 Å². The summed E-state index contributed by atoms with van der Waals surface area (Å²) >= 11 is 0. The molecule has 2 aromatic rings. The van der Waals surface area contributed by atoms with Gasteiger partial charge in [-0.05, 0) is 30.9 Å². The predicted molar refractivity (Wildman–Crippen MR) is 86.4 cm³/mol. The minimum atomic E-state index is 0.683. The van der Waals surface area contributed by atoms with Crippen molar-refractivity contribution in [3.63, 3.8) is 0 Å². The maximum atomic E-state index is 5.78. The number of benzene rings is 1. The van der Waals surface area contributed by atoms with Crippen LogP contribution < -0.4 is 5.32 Å². The minimum Gasteiger partial charge on any atom is -0.446 e. The third-order valence-electron chi connectivity index (χ3n) is 3.40. The van der Waals surface area contributed by atoms with Crippen molar-refractivity contribution in [3.05, 3.63) is 53.7 Å². The van der Waals surface area contributed by atoms with Gasteiger partial charge in [0.2, 0.25) is 0 Å². The van der Waals surface area contributed by atoms with Gasteiger partial charge in [-0.3, -0.25) is 0 Å². The summed E-state index contributed by atoms with van der Waals surface area (Å²) in [6, 6.07) is 10.6. The second-order valence-corrected chi connectivity index (χ2v) is 5.91. The van der Waals surface area contributed by atoms with Crippen molar-refractivity contribution in [1.82, 2.24) is 10.3 Å². The molecule has 0 aliphatic heterocycles. The molecule has 0 spiro atoms. The van der Waals surface area contributed by atoms with Gasteiger partial charge in [0, 0.05) is 19.4 Å². The van der Waals surface area contributed by atoms with Gasteiger partial charge < -0.3 is 9.73 Å². The highest BCUT2D eigenvalue weighted by molar-refractivity contribution is 5.14. The number of nitrogens with one attached hydrogen (secondary N) is 1. The Morgan fingerprint density at radius 1 is 1.10 bits per heavy atom. The Morgan fingerprint density at radius 3 is 2.67 bits per heavy atom. The molecule has 0 aliphatic rings. The van der Waals surface area contributed by atoms with Gasteiger partial charge in [-0.1, -0.05) is 44.2 Å². The fourth-order valence-electron chi connectivity index (χ4n) is 2.28. The van der Waals surface area contributed by atoms with Gasteiger partial charge in [-0.25, -0.2) is 4.98 Å². The molecule has 0 unspecified atom stereocenters. The van der Waals surface area contributed by atoms with Crippen LogP contribution in [0.25, 0.3) is 0 Å². The number of aromatic nitrogens is 1. The van der Waals surface area contributed by atoms with E-state index in [4.69, 9.17) is 4.42 Å². The number of rotatable bonds is 9. The zero-order valence-corrected chi connectivity index (χ0v) is 13.1. The molecule has 0 aliphatic carbocycles. The lowest BCUT2D eigenvalue weighted by Crippen LogP contribution is -2.22. The van der Waals surface area contributed by atoms with Crippen LogP contribution in [0.3, 0.4) is 0 Å². The van der Waals surface area contributed by atoms with Crippen molar-refractivity contribution in [1.29, 1.82) is 0 Å². The Kier molecular flexibility index (Phi) is 6.48. The fraction of sp³-hybridized carbons (Fsp3) is 0.500. The standard InChI is InChI=1S/C18H26N2O/c1-15(2)13-19-12-11-18-20-14-17(21-18)10-6-9-16-7-4-3-5-8-16/h3-5,7-8,14-15,19H,6,9-13H2,1-2H3. The molecular weight excluding hydrogens is 260 g/mol. The number of oxazole rings is 1. The van der Waals surface area contributed by atoms with E-state index >= 15 is 0 Å². The predicted octanol–water partition coefficient (Wildman–Crippen LogP) is 3.64. The van der Waals surface area contributed by atoms with Gasteiger partial charge in [-0.2, -0.15) is 0 Å². The zero-order valence-electron chi connectivity index (χ0n) is 13.1. The summed E-state index contributed by atoms with van der Waals surface area (Å²) in [5.41, 5.74) is 1.38. The molecule has 1 aromatic carbocycles. The van der Waals surface area contributed by atoms with Crippen molar-refractivity contribution >= 4 is 0 Å². The molecule has 3 heteroatoms. The van der Waals surface area contributed by atoms with E-state index < -0.39 is 0 Å². The van der Waals surface area contributed by atoms with E-state index in [0.29, 0.717) is 5.92 Å². The molecule has 114 valence electrons. The first-order chi connectivity index (χ1) is 10.2. The molecule has 21 heavy (non-hydrogen) atoms. The summed E-state index contributed by atoms with van der Waals surface area (Å²) in [6.07, 6.45) is 5.90. The number of hydrogen-bond donors (Lipinski definition) is 1. The van der Waals surface area contributed by atoms with Gasteiger partial charge >= 0.3 is 0 Å². The molecule has 1 N–H and O–H groups in total. The number of aryl methyl sites for hydroxylation is 2. The minimum absolute atomic E-state index is 0.683. The van der Waals surface area contributed by atoms with Crippen molar-refractivity contribution in [2.45, 2.75) is 39.5 Å². The van der Waals surface area contributed by atoms with Crippen molar-refractivity contribution in [2.24, 2.45) is 5.92 Å².